The Bertz CT molecular complexity index is 1050. The molecule has 0 atom stereocenters. The molecule has 166 valence electrons. The highest BCUT2D eigenvalue weighted by Crippen LogP contribution is 2.41. The van der Waals surface area contributed by atoms with E-state index in [9.17, 15) is 13.2 Å². The molecule has 2 fully saturated rings. The number of ether oxygens (including phenoxy) is 1. The summed E-state index contributed by atoms with van der Waals surface area (Å²) in [6, 6.07) is 8.72. The minimum atomic E-state index is -3.84. The summed E-state index contributed by atoms with van der Waals surface area (Å²) < 4.78 is 31.2. The van der Waals surface area contributed by atoms with E-state index in [1.54, 1.807) is 30.5 Å². The predicted octanol–water partition coefficient (Wildman–Crippen LogP) is 3.26. The molecule has 1 amide bonds. The normalized spacial score (nSPS) is 18.7. The van der Waals surface area contributed by atoms with Crippen molar-refractivity contribution < 1.29 is 17.9 Å². The van der Waals surface area contributed by atoms with E-state index >= 15 is 0 Å². The summed E-state index contributed by atoms with van der Waals surface area (Å²) in [4.78, 5) is 20.1. The number of carbonyl (C=O) groups excluding carboxylic acids is 1. The van der Waals surface area contributed by atoms with Crippen molar-refractivity contribution in [2.24, 2.45) is 0 Å². The van der Waals surface area contributed by atoms with Crippen LogP contribution >= 0.6 is 0 Å². The lowest BCUT2D eigenvalue weighted by molar-refractivity contribution is -0.118. The van der Waals surface area contributed by atoms with Crippen LogP contribution in [0.15, 0.2) is 41.4 Å². The Morgan fingerprint density at radius 1 is 1.06 bits per heavy atom. The first-order valence-corrected chi connectivity index (χ1v) is 12.2. The lowest BCUT2D eigenvalue weighted by Gasteiger charge is -2.29. The molecule has 2 heterocycles. The molecule has 1 aromatic carbocycles. The molecule has 1 N–H and O–H groups in total. The van der Waals surface area contributed by atoms with Gasteiger partial charge >= 0.3 is 0 Å². The molecule has 0 unspecified atom stereocenters. The van der Waals surface area contributed by atoms with Crippen LogP contribution in [0.25, 0.3) is 0 Å². The molecule has 0 spiro atoms. The Kier molecular flexibility index (Phi) is 6.03. The lowest BCUT2D eigenvalue weighted by Crippen LogP contribution is -2.47. The average molecular weight is 444 g/mol. The first kappa shape index (κ1) is 21.8. The monoisotopic (exact) mass is 443 g/mol. The number of benzene rings is 1. The first-order valence-electron chi connectivity index (χ1n) is 10.8. The van der Waals surface area contributed by atoms with Crippen LogP contribution < -0.4 is 10.2 Å². The minimum Gasteiger partial charge on any atom is -0.378 e. The van der Waals surface area contributed by atoms with E-state index in [4.69, 9.17) is 4.74 Å². The molecule has 2 aromatic rings. The van der Waals surface area contributed by atoms with Gasteiger partial charge in [0.2, 0.25) is 5.91 Å². The number of hydrogen-bond donors (Lipinski definition) is 1. The molecule has 4 rings (SSSR count). The number of sulfone groups is 1. The average Bonchev–Trinajstić information content (AvgIpc) is 3.29. The summed E-state index contributed by atoms with van der Waals surface area (Å²) in [5, 5.41) is 2.83. The maximum absolute atomic E-state index is 13.6. The van der Waals surface area contributed by atoms with Crippen molar-refractivity contribution in [1.29, 1.82) is 0 Å². The molecule has 0 radical (unpaired) electrons. The number of anilines is 2. The number of rotatable bonds is 5. The number of amides is 1. The highest BCUT2D eigenvalue weighted by atomic mass is 32.2. The van der Waals surface area contributed by atoms with Gasteiger partial charge in [-0.15, -0.1) is 0 Å². The van der Waals surface area contributed by atoms with Crippen LogP contribution in [-0.2, 0) is 19.4 Å². The van der Waals surface area contributed by atoms with Crippen LogP contribution in [0.2, 0.25) is 0 Å². The number of aromatic nitrogens is 1. The van der Waals surface area contributed by atoms with Gasteiger partial charge in [0.1, 0.15) is 5.82 Å². The van der Waals surface area contributed by atoms with Gasteiger partial charge in [-0.3, -0.25) is 4.79 Å². The Labute approximate surface area is 183 Å². The van der Waals surface area contributed by atoms with Gasteiger partial charge in [0.15, 0.2) is 14.6 Å². The van der Waals surface area contributed by atoms with Crippen molar-refractivity contribution in [2.45, 2.75) is 49.2 Å². The summed E-state index contributed by atoms with van der Waals surface area (Å²) >= 11 is 0. The molecule has 1 saturated carbocycles. The standard InChI is InChI=1S/C23H29N3O4S/c1-17-5-7-20(15-18(17)2)31(28,29)23(9-3-4-10-23)22(27)25-19-6-8-21(24-16-19)26-11-13-30-14-12-26/h5-8,15-16H,3-4,9-14H2,1-2H3,(H,25,27). The number of nitrogens with zero attached hydrogens (tertiary/aromatic N) is 2. The van der Waals surface area contributed by atoms with Crippen molar-refractivity contribution in [3.05, 3.63) is 47.7 Å². The second-order valence-corrected chi connectivity index (χ2v) is 10.7. The number of carbonyl (C=O) groups is 1. The van der Waals surface area contributed by atoms with Crippen molar-refractivity contribution in [1.82, 2.24) is 4.98 Å². The summed E-state index contributed by atoms with van der Waals surface area (Å²) in [6.45, 7) is 6.71. The largest absolute Gasteiger partial charge is 0.378 e. The van der Waals surface area contributed by atoms with Gasteiger partial charge in [-0.05, 0) is 62.1 Å². The minimum absolute atomic E-state index is 0.216. The Morgan fingerprint density at radius 2 is 1.77 bits per heavy atom. The summed E-state index contributed by atoms with van der Waals surface area (Å²) in [7, 11) is -3.84. The van der Waals surface area contributed by atoms with Gasteiger partial charge in [0, 0.05) is 13.1 Å². The number of pyridine rings is 1. The molecular weight excluding hydrogens is 414 g/mol. The van der Waals surface area contributed by atoms with Gasteiger partial charge in [-0.25, -0.2) is 13.4 Å². The quantitative estimate of drug-likeness (QED) is 0.763. The van der Waals surface area contributed by atoms with Crippen molar-refractivity contribution in [2.75, 3.05) is 36.5 Å². The fourth-order valence-electron chi connectivity index (χ4n) is 4.36. The highest BCUT2D eigenvalue weighted by molar-refractivity contribution is 7.93. The number of aryl methyl sites for hydroxylation is 2. The van der Waals surface area contributed by atoms with E-state index in [1.165, 1.54) is 0 Å². The number of nitrogens with one attached hydrogen (secondary N) is 1. The maximum atomic E-state index is 13.6. The van der Waals surface area contributed by atoms with Gasteiger partial charge in [-0.1, -0.05) is 18.9 Å². The third-order valence-electron chi connectivity index (χ3n) is 6.47. The highest BCUT2D eigenvalue weighted by Gasteiger charge is 2.53. The Hall–Kier alpha value is -2.45. The second-order valence-electron chi connectivity index (χ2n) is 8.41. The third-order valence-corrected chi connectivity index (χ3v) is 8.97. The van der Waals surface area contributed by atoms with Crippen LogP contribution in [-0.4, -0.2) is 50.4 Å². The fourth-order valence-corrected chi connectivity index (χ4v) is 6.51. The van der Waals surface area contributed by atoms with Crippen LogP contribution in [0, 0.1) is 13.8 Å². The molecule has 1 aliphatic carbocycles. The Balaban J connectivity index is 1.58. The summed E-state index contributed by atoms with van der Waals surface area (Å²) in [5.74, 6) is 0.351. The molecule has 1 saturated heterocycles. The molecule has 31 heavy (non-hydrogen) atoms. The molecule has 8 heteroatoms. The predicted molar refractivity (Wildman–Crippen MR) is 120 cm³/mol. The van der Waals surface area contributed by atoms with Crippen LogP contribution in [0.1, 0.15) is 36.8 Å². The van der Waals surface area contributed by atoms with E-state index in [0.29, 0.717) is 44.6 Å². The first-order chi connectivity index (χ1) is 14.8. The SMILES string of the molecule is Cc1ccc(S(=O)(=O)C2(C(=O)Nc3ccc(N4CCOCC4)nc3)CCCC2)cc1C. The van der Waals surface area contributed by atoms with Gasteiger partial charge in [0.05, 0.1) is 30.0 Å². The molecule has 7 nitrogen and oxygen atoms in total. The van der Waals surface area contributed by atoms with Gasteiger partial charge in [0.25, 0.3) is 0 Å². The van der Waals surface area contributed by atoms with E-state index < -0.39 is 20.5 Å². The second kappa shape index (κ2) is 8.59. The zero-order valence-corrected chi connectivity index (χ0v) is 18.9. The van der Waals surface area contributed by atoms with Crippen molar-refractivity contribution in [3.63, 3.8) is 0 Å². The van der Waals surface area contributed by atoms with E-state index in [1.807, 2.05) is 19.9 Å². The molecular formula is C23H29N3O4S. The van der Waals surface area contributed by atoms with Crippen molar-refractivity contribution >= 4 is 27.2 Å². The van der Waals surface area contributed by atoms with Gasteiger partial charge in [-0.2, -0.15) is 0 Å². The molecule has 1 aliphatic heterocycles. The fraction of sp³-hybridized carbons (Fsp3) is 0.478. The Morgan fingerprint density at radius 3 is 2.39 bits per heavy atom. The van der Waals surface area contributed by atoms with Crippen LogP contribution in [0.5, 0.6) is 0 Å². The van der Waals surface area contributed by atoms with E-state index in [2.05, 4.69) is 15.2 Å². The zero-order chi connectivity index (χ0) is 22.1. The smallest absolute Gasteiger partial charge is 0.246 e. The third kappa shape index (κ3) is 4.06. The van der Waals surface area contributed by atoms with Gasteiger partial charge < -0.3 is 15.0 Å². The lowest BCUT2D eigenvalue weighted by atomic mass is 10.1. The summed E-state index contributed by atoms with van der Waals surface area (Å²) in [5.41, 5.74) is 2.43. The topological polar surface area (TPSA) is 88.6 Å². The summed E-state index contributed by atoms with van der Waals surface area (Å²) in [6.07, 6.45) is 3.67. The molecule has 0 bridgehead atoms. The zero-order valence-electron chi connectivity index (χ0n) is 18.1. The van der Waals surface area contributed by atoms with E-state index in [-0.39, 0.29) is 4.90 Å². The number of morpholine rings is 1. The van der Waals surface area contributed by atoms with Crippen molar-refractivity contribution in [3.8, 4) is 0 Å². The van der Waals surface area contributed by atoms with E-state index in [0.717, 1.165) is 30.0 Å². The number of hydrogen-bond acceptors (Lipinski definition) is 6. The van der Waals surface area contributed by atoms with Crippen LogP contribution in [0.4, 0.5) is 11.5 Å². The molecule has 2 aliphatic rings. The maximum Gasteiger partial charge on any atom is 0.246 e. The van der Waals surface area contributed by atoms with Crippen LogP contribution in [0.3, 0.4) is 0 Å². The molecule has 1 aromatic heterocycles.